The highest BCUT2D eigenvalue weighted by atomic mass is 32.2. The smallest absolute Gasteiger partial charge is 0.263 e. The Labute approximate surface area is 188 Å². The molecule has 1 saturated heterocycles. The molecule has 1 fully saturated rings. The van der Waals surface area contributed by atoms with E-state index in [0.717, 1.165) is 35.9 Å². The van der Waals surface area contributed by atoms with Gasteiger partial charge in [0, 0.05) is 18.0 Å². The van der Waals surface area contributed by atoms with Gasteiger partial charge in [-0.2, -0.15) is 0 Å². The topological polar surface area (TPSA) is 77.6 Å². The number of furan rings is 1. The number of carbonyl (C=O) groups excluding carboxylic acids is 1. The molecule has 0 aromatic carbocycles. The average molecular weight is 460 g/mol. The summed E-state index contributed by atoms with van der Waals surface area (Å²) in [6, 6.07) is 3.67. The number of hydrogen-bond acceptors (Lipinski definition) is 7. The fourth-order valence-corrected chi connectivity index (χ4v) is 6.49. The third-order valence-electron chi connectivity index (χ3n) is 5.85. The van der Waals surface area contributed by atoms with Gasteiger partial charge in [0.15, 0.2) is 5.16 Å². The van der Waals surface area contributed by atoms with Crippen molar-refractivity contribution in [2.45, 2.75) is 50.4 Å². The molecule has 0 radical (unpaired) electrons. The minimum absolute atomic E-state index is 0.0317. The largest absolute Gasteiger partial charge is 0.467 e. The van der Waals surface area contributed by atoms with Gasteiger partial charge in [-0.15, -0.1) is 11.3 Å². The van der Waals surface area contributed by atoms with Gasteiger partial charge in [-0.25, -0.2) is 4.98 Å². The summed E-state index contributed by atoms with van der Waals surface area (Å²) < 4.78 is 12.7. The van der Waals surface area contributed by atoms with Crippen LogP contribution in [0.5, 0.6) is 0 Å². The van der Waals surface area contributed by atoms with Crippen molar-refractivity contribution in [3.63, 3.8) is 0 Å². The number of ether oxygens (including phenoxy) is 1. The molecule has 3 aromatic heterocycles. The highest BCUT2D eigenvalue weighted by Gasteiger charge is 2.25. The fourth-order valence-electron chi connectivity index (χ4n) is 4.29. The molecule has 0 saturated carbocycles. The molecule has 0 bridgehead atoms. The van der Waals surface area contributed by atoms with Crippen LogP contribution in [0.3, 0.4) is 0 Å². The summed E-state index contributed by atoms with van der Waals surface area (Å²) in [7, 11) is 0. The maximum absolute atomic E-state index is 13.6. The van der Waals surface area contributed by atoms with Crippen molar-refractivity contribution in [3.8, 4) is 0 Å². The number of aryl methyl sites for hydroxylation is 2. The second kappa shape index (κ2) is 8.80. The van der Waals surface area contributed by atoms with E-state index in [9.17, 15) is 9.59 Å². The minimum atomic E-state index is -0.0317. The molecular formula is C22H25N3O4S2. The summed E-state index contributed by atoms with van der Waals surface area (Å²) in [4.78, 5) is 35.1. The molecule has 1 unspecified atom stereocenters. The number of fused-ring (bicyclic) bond motifs is 3. The standard InChI is InChI=1S/C22H25N3O4S2/c1-14-11-24(8-10-28-14)18(26)13-30-22-23-20-19(16-6-2-3-7-17(16)31-20)21(27)25(22)12-15-5-4-9-29-15/h4-5,9,14H,2-3,6-8,10-13H2,1H3. The Morgan fingerprint density at radius 3 is 3.03 bits per heavy atom. The van der Waals surface area contributed by atoms with Gasteiger partial charge in [0.25, 0.3) is 5.56 Å². The molecule has 2 aliphatic rings. The number of rotatable bonds is 5. The number of morpholine rings is 1. The molecule has 0 N–H and O–H groups in total. The Morgan fingerprint density at radius 2 is 2.23 bits per heavy atom. The lowest BCUT2D eigenvalue weighted by Gasteiger charge is -2.31. The number of carbonyl (C=O) groups is 1. The quantitative estimate of drug-likeness (QED) is 0.430. The lowest BCUT2D eigenvalue weighted by atomic mass is 9.97. The van der Waals surface area contributed by atoms with Gasteiger partial charge in [-0.05, 0) is 50.3 Å². The van der Waals surface area contributed by atoms with Crippen LogP contribution in [0.4, 0.5) is 0 Å². The zero-order valence-corrected chi connectivity index (χ0v) is 19.1. The highest BCUT2D eigenvalue weighted by molar-refractivity contribution is 7.99. The Balaban J connectivity index is 1.48. The van der Waals surface area contributed by atoms with Gasteiger partial charge < -0.3 is 14.1 Å². The maximum Gasteiger partial charge on any atom is 0.263 e. The summed E-state index contributed by atoms with van der Waals surface area (Å²) in [5.74, 6) is 0.987. The second-order valence-corrected chi connectivity index (χ2v) is 10.1. The van der Waals surface area contributed by atoms with Crippen molar-refractivity contribution >= 4 is 39.2 Å². The molecule has 31 heavy (non-hydrogen) atoms. The molecule has 1 aliphatic carbocycles. The molecule has 3 aromatic rings. The SMILES string of the molecule is CC1CN(C(=O)CSc2nc3sc4c(c3c(=O)n2Cc2ccco2)CCCC4)CCO1. The number of amides is 1. The highest BCUT2D eigenvalue weighted by Crippen LogP contribution is 2.35. The fraction of sp³-hybridized carbons (Fsp3) is 0.500. The Morgan fingerprint density at radius 1 is 1.35 bits per heavy atom. The van der Waals surface area contributed by atoms with E-state index in [1.165, 1.54) is 22.2 Å². The zero-order chi connectivity index (χ0) is 21.4. The molecular weight excluding hydrogens is 434 g/mol. The lowest BCUT2D eigenvalue weighted by Crippen LogP contribution is -2.45. The molecule has 4 heterocycles. The molecule has 164 valence electrons. The van der Waals surface area contributed by atoms with E-state index in [1.54, 1.807) is 22.2 Å². The molecule has 1 atom stereocenters. The van der Waals surface area contributed by atoms with Crippen LogP contribution < -0.4 is 5.56 Å². The van der Waals surface area contributed by atoms with Gasteiger partial charge in [0.05, 0.1) is 36.7 Å². The number of aromatic nitrogens is 2. The summed E-state index contributed by atoms with van der Waals surface area (Å²) in [6.07, 6.45) is 5.88. The molecule has 1 aliphatic heterocycles. The molecule has 9 heteroatoms. The number of hydrogen-bond donors (Lipinski definition) is 0. The van der Waals surface area contributed by atoms with E-state index >= 15 is 0 Å². The first-order valence-corrected chi connectivity index (χ1v) is 12.5. The first-order chi connectivity index (χ1) is 15.1. The van der Waals surface area contributed by atoms with Gasteiger partial charge in [0.1, 0.15) is 10.6 Å². The van der Waals surface area contributed by atoms with E-state index in [1.807, 2.05) is 24.0 Å². The van der Waals surface area contributed by atoms with Crippen molar-refractivity contribution in [1.82, 2.24) is 14.5 Å². The molecule has 5 rings (SSSR count). The predicted octanol–water partition coefficient (Wildman–Crippen LogP) is 3.32. The first kappa shape index (κ1) is 20.8. The van der Waals surface area contributed by atoms with Crippen LogP contribution in [0, 0.1) is 0 Å². The van der Waals surface area contributed by atoms with Crippen LogP contribution in [0.15, 0.2) is 32.8 Å². The first-order valence-electron chi connectivity index (χ1n) is 10.7. The third-order valence-corrected chi connectivity index (χ3v) is 8.00. The maximum atomic E-state index is 13.6. The van der Waals surface area contributed by atoms with E-state index in [2.05, 4.69) is 0 Å². The van der Waals surface area contributed by atoms with Crippen molar-refractivity contribution in [3.05, 3.63) is 45.0 Å². The predicted molar refractivity (Wildman–Crippen MR) is 121 cm³/mol. The van der Waals surface area contributed by atoms with Gasteiger partial charge >= 0.3 is 0 Å². The Kier molecular flexibility index (Phi) is 5.90. The van der Waals surface area contributed by atoms with E-state index in [-0.39, 0.29) is 23.3 Å². The van der Waals surface area contributed by atoms with Crippen LogP contribution in [-0.4, -0.2) is 51.9 Å². The average Bonchev–Trinajstić information content (AvgIpc) is 3.41. The van der Waals surface area contributed by atoms with Crippen LogP contribution in [-0.2, 0) is 28.9 Å². The Bertz CT molecular complexity index is 1150. The molecule has 7 nitrogen and oxygen atoms in total. The van der Waals surface area contributed by atoms with Crippen LogP contribution >= 0.6 is 23.1 Å². The summed E-state index contributed by atoms with van der Waals surface area (Å²) >= 11 is 2.97. The van der Waals surface area contributed by atoms with Crippen molar-refractivity contribution < 1.29 is 13.9 Å². The Hall–Kier alpha value is -2.10. The van der Waals surface area contributed by atoms with Crippen LogP contribution in [0.1, 0.15) is 36.0 Å². The van der Waals surface area contributed by atoms with Crippen molar-refractivity contribution in [2.24, 2.45) is 0 Å². The van der Waals surface area contributed by atoms with E-state index in [0.29, 0.717) is 37.2 Å². The third kappa shape index (κ3) is 4.18. The number of thiophene rings is 1. The number of thioether (sulfide) groups is 1. The van der Waals surface area contributed by atoms with Gasteiger partial charge in [-0.1, -0.05) is 11.8 Å². The molecule has 0 spiro atoms. The lowest BCUT2D eigenvalue weighted by molar-refractivity contribution is -0.135. The second-order valence-electron chi connectivity index (χ2n) is 8.07. The van der Waals surface area contributed by atoms with Crippen LogP contribution in [0.25, 0.3) is 10.2 Å². The van der Waals surface area contributed by atoms with E-state index in [4.69, 9.17) is 14.1 Å². The van der Waals surface area contributed by atoms with Gasteiger partial charge in [0.2, 0.25) is 5.91 Å². The normalized spacial score (nSPS) is 19.0. The monoisotopic (exact) mass is 459 g/mol. The van der Waals surface area contributed by atoms with Gasteiger partial charge in [-0.3, -0.25) is 14.2 Å². The summed E-state index contributed by atoms with van der Waals surface area (Å²) in [5.41, 5.74) is 1.14. The van der Waals surface area contributed by atoms with Crippen molar-refractivity contribution in [2.75, 3.05) is 25.4 Å². The van der Waals surface area contributed by atoms with Crippen molar-refractivity contribution in [1.29, 1.82) is 0 Å². The van der Waals surface area contributed by atoms with E-state index < -0.39 is 0 Å². The number of nitrogens with zero attached hydrogens (tertiary/aromatic N) is 3. The van der Waals surface area contributed by atoms with Crippen LogP contribution in [0.2, 0.25) is 0 Å². The molecule has 1 amide bonds. The summed E-state index contributed by atoms with van der Waals surface area (Å²) in [6.45, 7) is 4.05. The minimum Gasteiger partial charge on any atom is -0.467 e. The summed E-state index contributed by atoms with van der Waals surface area (Å²) in [5, 5.41) is 1.33. The zero-order valence-electron chi connectivity index (χ0n) is 17.5.